The molecule has 0 N–H and O–H groups in total. The van der Waals surface area contributed by atoms with E-state index in [0.29, 0.717) is 4.83 Å². The van der Waals surface area contributed by atoms with Crippen LogP contribution in [0, 0.1) is 12.3 Å². The first kappa shape index (κ1) is 8.87. The van der Waals surface area contributed by atoms with Gasteiger partial charge in [-0.05, 0) is 38.2 Å². The maximum Gasteiger partial charge on any atom is 0.0338 e. The second kappa shape index (κ2) is 3.97. The molecule has 0 radical (unpaired) electrons. The molecule has 0 nitrogen and oxygen atoms in total. The van der Waals surface area contributed by atoms with Crippen LogP contribution in [0.2, 0.25) is 0 Å². The number of hydrogen-bond acceptors (Lipinski definition) is 0. The Hall–Kier alpha value is -0.220. The smallest absolute Gasteiger partial charge is 0.0338 e. The predicted molar refractivity (Wildman–Crippen MR) is 52.7 cm³/mol. The van der Waals surface area contributed by atoms with Crippen LogP contribution in [0.1, 0.15) is 32.6 Å². The lowest BCUT2D eigenvalue weighted by atomic mass is 9.91. The van der Waals surface area contributed by atoms with Gasteiger partial charge in [0.15, 0.2) is 0 Å². The third-order valence-corrected chi connectivity index (χ3v) is 2.72. The molecule has 0 saturated carbocycles. The van der Waals surface area contributed by atoms with Crippen molar-refractivity contribution in [2.24, 2.45) is 0 Å². The predicted octanol–water partition coefficient (Wildman–Crippen LogP) is 3.27. The quantitative estimate of drug-likeness (QED) is 0.463. The molecule has 1 rings (SSSR count). The molecule has 0 saturated heterocycles. The maximum atomic E-state index is 5.40. The van der Waals surface area contributed by atoms with E-state index in [2.05, 4.69) is 28.8 Å². The van der Waals surface area contributed by atoms with Crippen LogP contribution in [0.4, 0.5) is 0 Å². The Morgan fingerprint density at radius 2 is 2.09 bits per heavy atom. The van der Waals surface area contributed by atoms with Gasteiger partial charge in [-0.3, -0.25) is 0 Å². The van der Waals surface area contributed by atoms with E-state index >= 15 is 0 Å². The zero-order valence-corrected chi connectivity index (χ0v) is 8.45. The molecule has 0 aromatic heterocycles. The Labute approximate surface area is 77.2 Å². The van der Waals surface area contributed by atoms with Gasteiger partial charge in [0.05, 0.1) is 0 Å². The zero-order chi connectivity index (χ0) is 8.27. The van der Waals surface area contributed by atoms with E-state index in [1.807, 2.05) is 0 Å². The molecule has 0 heterocycles. The molecule has 1 heteroatoms. The number of alkyl halides is 1. The summed E-state index contributed by atoms with van der Waals surface area (Å²) in [6, 6.07) is 0. The molecule has 0 amide bonds. The van der Waals surface area contributed by atoms with Crippen molar-refractivity contribution >= 4 is 15.9 Å². The lowest BCUT2D eigenvalue weighted by Crippen LogP contribution is -2.05. The van der Waals surface area contributed by atoms with Crippen molar-refractivity contribution in [1.29, 1.82) is 0 Å². The van der Waals surface area contributed by atoms with Crippen LogP contribution in [-0.4, -0.2) is 4.83 Å². The number of rotatable bonds is 1. The highest BCUT2D eigenvalue weighted by molar-refractivity contribution is 9.09. The molecule has 11 heavy (non-hydrogen) atoms. The van der Waals surface area contributed by atoms with Crippen LogP contribution in [0.5, 0.6) is 0 Å². The van der Waals surface area contributed by atoms with E-state index in [1.165, 1.54) is 30.4 Å². The van der Waals surface area contributed by atoms with Gasteiger partial charge in [0.25, 0.3) is 0 Å². The minimum Gasteiger partial charge on any atom is -0.115 e. The Balaban J connectivity index is 2.84. The van der Waals surface area contributed by atoms with Crippen molar-refractivity contribution in [1.82, 2.24) is 0 Å². The van der Waals surface area contributed by atoms with E-state index in [-0.39, 0.29) is 0 Å². The second-order valence-corrected chi connectivity index (χ2v) is 4.34. The first-order chi connectivity index (χ1) is 5.25. The molecule has 1 unspecified atom stereocenters. The summed E-state index contributed by atoms with van der Waals surface area (Å²) < 4.78 is 0. The first-order valence-electron chi connectivity index (χ1n) is 4.08. The van der Waals surface area contributed by atoms with Gasteiger partial charge in [0, 0.05) is 10.4 Å². The molecule has 0 fully saturated rings. The van der Waals surface area contributed by atoms with Crippen molar-refractivity contribution in [3.63, 3.8) is 0 Å². The Morgan fingerprint density at radius 3 is 2.55 bits per heavy atom. The summed E-state index contributed by atoms with van der Waals surface area (Å²) in [5.41, 5.74) is 2.68. The Kier molecular flexibility index (Phi) is 3.20. The SMILES string of the molecule is C#CC1=C(C(C)Br)CCCC1. The van der Waals surface area contributed by atoms with Gasteiger partial charge in [-0.1, -0.05) is 21.9 Å². The van der Waals surface area contributed by atoms with Crippen molar-refractivity contribution in [3.8, 4) is 12.3 Å². The van der Waals surface area contributed by atoms with E-state index in [0.717, 1.165) is 6.42 Å². The normalized spacial score (nSPS) is 21.2. The first-order valence-corrected chi connectivity index (χ1v) is 5.00. The van der Waals surface area contributed by atoms with Gasteiger partial charge < -0.3 is 0 Å². The van der Waals surface area contributed by atoms with Gasteiger partial charge in [-0.15, -0.1) is 6.42 Å². The molecule has 1 aliphatic carbocycles. The van der Waals surface area contributed by atoms with Gasteiger partial charge >= 0.3 is 0 Å². The van der Waals surface area contributed by atoms with Crippen LogP contribution in [-0.2, 0) is 0 Å². The van der Waals surface area contributed by atoms with E-state index in [9.17, 15) is 0 Å². The molecule has 60 valence electrons. The Bertz CT molecular complexity index is 205. The third kappa shape index (κ3) is 2.10. The van der Waals surface area contributed by atoms with Crippen LogP contribution in [0.25, 0.3) is 0 Å². The van der Waals surface area contributed by atoms with Crippen molar-refractivity contribution in [2.75, 3.05) is 0 Å². The van der Waals surface area contributed by atoms with E-state index < -0.39 is 0 Å². The van der Waals surface area contributed by atoms with Gasteiger partial charge in [-0.2, -0.15) is 0 Å². The summed E-state index contributed by atoms with van der Waals surface area (Å²) >= 11 is 3.56. The summed E-state index contributed by atoms with van der Waals surface area (Å²) in [4.78, 5) is 0.467. The average molecular weight is 213 g/mol. The highest BCUT2D eigenvalue weighted by Crippen LogP contribution is 2.29. The summed E-state index contributed by atoms with van der Waals surface area (Å²) in [6.07, 6.45) is 10.3. The minimum atomic E-state index is 0.467. The third-order valence-electron chi connectivity index (χ3n) is 2.16. The molecule has 0 aromatic carbocycles. The van der Waals surface area contributed by atoms with Crippen molar-refractivity contribution in [3.05, 3.63) is 11.1 Å². The topological polar surface area (TPSA) is 0 Å². The summed E-state index contributed by atoms with van der Waals surface area (Å²) in [6.45, 7) is 2.15. The number of allylic oxidation sites excluding steroid dienone is 2. The van der Waals surface area contributed by atoms with Gasteiger partial charge in [-0.25, -0.2) is 0 Å². The van der Waals surface area contributed by atoms with Crippen LogP contribution in [0.3, 0.4) is 0 Å². The largest absolute Gasteiger partial charge is 0.115 e. The molecule has 1 aliphatic rings. The van der Waals surface area contributed by atoms with Crippen LogP contribution >= 0.6 is 15.9 Å². The highest BCUT2D eigenvalue weighted by atomic mass is 79.9. The van der Waals surface area contributed by atoms with Gasteiger partial charge in [0.2, 0.25) is 0 Å². The lowest BCUT2D eigenvalue weighted by molar-refractivity contribution is 0.674. The fraction of sp³-hybridized carbons (Fsp3) is 0.600. The number of terminal acetylenes is 1. The molecular formula is C10H13Br. The van der Waals surface area contributed by atoms with Crippen molar-refractivity contribution in [2.45, 2.75) is 37.4 Å². The molecule has 0 spiro atoms. The lowest BCUT2D eigenvalue weighted by Gasteiger charge is -2.18. The van der Waals surface area contributed by atoms with Crippen LogP contribution in [0.15, 0.2) is 11.1 Å². The number of halogens is 1. The fourth-order valence-electron chi connectivity index (χ4n) is 1.53. The van der Waals surface area contributed by atoms with Gasteiger partial charge in [0.1, 0.15) is 0 Å². The zero-order valence-electron chi connectivity index (χ0n) is 6.86. The summed E-state index contributed by atoms with van der Waals surface area (Å²) in [5.74, 6) is 2.78. The fourth-order valence-corrected chi connectivity index (χ4v) is 2.04. The summed E-state index contributed by atoms with van der Waals surface area (Å²) in [5, 5.41) is 0. The standard InChI is InChI=1S/C10H13Br/c1-3-9-6-4-5-7-10(9)8(2)11/h1,8H,4-7H2,2H3. The Morgan fingerprint density at radius 1 is 1.45 bits per heavy atom. The average Bonchev–Trinajstić information content (AvgIpc) is 2.04. The second-order valence-electron chi connectivity index (χ2n) is 2.97. The molecule has 0 bridgehead atoms. The number of hydrogen-bond donors (Lipinski definition) is 0. The minimum absolute atomic E-state index is 0.467. The molecular weight excluding hydrogens is 200 g/mol. The monoisotopic (exact) mass is 212 g/mol. The van der Waals surface area contributed by atoms with E-state index in [4.69, 9.17) is 6.42 Å². The maximum absolute atomic E-state index is 5.40. The molecule has 1 atom stereocenters. The summed E-state index contributed by atoms with van der Waals surface area (Å²) in [7, 11) is 0. The highest BCUT2D eigenvalue weighted by Gasteiger charge is 2.14. The molecule has 0 aliphatic heterocycles. The van der Waals surface area contributed by atoms with Crippen molar-refractivity contribution < 1.29 is 0 Å². The van der Waals surface area contributed by atoms with E-state index in [1.54, 1.807) is 0 Å². The van der Waals surface area contributed by atoms with Crippen LogP contribution < -0.4 is 0 Å². The molecule has 0 aromatic rings.